The second-order valence-electron chi connectivity index (χ2n) is 8.15. The molecule has 4 aliphatic carbocycles. The molecule has 122 valence electrons. The summed E-state index contributed by atoms with van der Waals surface area (Å²) < 4.78 is 7.28. The summed E-state index contributed by atoms with van der Waals surface area (Å²) in [7, 11) is 1.87. The van der Waals surface area contributed by atoms with Crippen molar-refractivity contribution in [2.75, 3.05) is 0 Å². The molecule has 1 N–H and O–H groups in total. The topological polar surface area (TPSA) is 56.2 Å². The number of carbonyl (C=O) groups is 1. The van der Waals surface area contributed by atoms with Gasteiger partial charge in [0.2, 0.25) is 6.23 Å². The summed E-state index contributed by atoms with van der Waals surface area (Å²) in [6.07, 6.45) is 11.6. The van der Waals surface area contributed by atoms with E-state index in [4.69, 9.17) is 4.74 Å². The van der Waals surface area contributed by atoms with Crippen LogP contribution in [0.2, 0.25) is 0 Å². The predicted molar refractivity (Wildman–Crippen MR) is 83.9 cm³/mol. The fourth-order valence-corrected chi connectivity index (χ4v) is 5.94. The van der Waals surface area contributed by atoms with E-state index in [0.717, 1.165) is 23.4 Å². The van der Waals surface area contributed by atoms with Crippen LogP contribution >= 0.6 is 0 Å². The second-order valence-corrected chi connectivity index (χ2v) is 8.15. The highest BCUT2D eigenvalue weighted by Crippen LogP contribution is 2.60. The number of cyclic esters (lactones) is 1. The van der Waals surface area contributed by atoms with Crippen LogP contribution in [0.5, 0.6) is 0 Å². The lowest BCUT2D eigenvalue weighted by atomic mass is 9.49. The largest absolute Gasteiger partial charge is 0.431 e. The van der Waals surface area contributed by atoms with Crippen molar-refractivity contribution in [2.24, 2.45) is 30.2 Å². The third-order valence-electron chi connectivity index (χ3n) is 6.39. The van der Waals surface area contributed by atoms with Crippen LogP contribution in [0.25, 0.3) is 0 Å². The SMILES string of the molecule is Cn1nccc1C1N/C(=C/C23CC4CC(CC(C4)C2)C3)C(=O)O1. The number of aryl methyl sites for hydroxylation is 1. The molecular formula is C18H23N3O2. The van der Waals surface area contributed by atoms with E-state index in [9.17, 15) is 4.79 Å². The molecule has 1 atom stereocenters. The van der Waals surface area contributed by atoms with E-state index in [0.29, 0.717) is 5.70 Å². The monoisotopic (exact) mass is 313 g/mol. The highest BCUT2D eigenvalue weighted by molar-refractivity contribution is 5.90. The van der Waals surface area contributed by atoms with Gasteiger partial charge in [-0.15, -0.1) is 0 Å². The average Bonchev–Trinajstić information content (AvgIpc) is 3.03. The van der Waals surface area contributed by atoms with Crippen molar-refractivity contribution in [3.63, 3.8) is 0 Å². The maximum absolute atomic E-state index is 12.3. The van der Waals surface area contributed by atoms with Crippen molar-refractivity contribution in [3.05, 3.63) is 29.7 Å². The van der Waals surface area contributed by atoms with E-state index < -0.39 is 6.23 Å². The van der Waals surface area contributed by atoms with Crippen molar-refractivity contribution in [1.29, 1.82) is 0 Å². The normalized spacial score (nSPS) is 43.0. The summed E-state index contributed by atoms with van der Waals surface area (Å²) in [5, 5.41) is 7.44. The Bertz CT molecular complexity index is 655. The fraction of sp³-hybridized carbons (Fsp3) is 0.667. The van der Waals surface area contributed by atoms with Crippen molar-refractivity contribution < 1.29 is 9.53 Å². The van der Waals surface area contributed by atoms with Gasteiger partial charge < -0.3 is 10.1 Å². The summed E-state index contributed by atoms with van der Waals surface area (Å²) >= 11 is 0. The minimum absolute atomic E-state index is 0.216. The number of carbonyl (C=O) groups excluding carboxylic acids is 1. The lowest BCUT2D eigenvalue weighted by molar-refractivity contribution is -0.139. The average molecular weight is 313 g/mol. The number of nitrogens with one attached hydrogen (secondary N) is 1. The first-order valence-electron chi connectivity index (χ1n) is 8.78. The van der Waals surface area contributed by atoms with Gasteiger partial charge in [0.25, 0.3) is 0 Å². The molecule has 0 aromatic carbocycles. The Morgan fingerprint density at radius 2 is 1.91 bits per heavy atom. The maximum atomic E-state index is 12.3. The summed E-state index contributed by atoms with van der Waals surface area (Å²) in [5.41, 5.74) is 1.78. The van der Waals surface area contributed by atoms with Gasteiger partial charge in [-0.05, 0) is 73.8 Å². The molecular weight excluding hydrogens is 290 g/mol. The number of nitrogens with zero attached hydrogens (tertiary/aromatic N) is 2. The third-order valence-corrected chi connectivity index (χ3v) is 6.39. The molecule has 1 aromatic heterocycles. The highest BCUT2D eigenvalue weighted by atomic mass is 16.6. The van der Waals surface area contributed by atoms with Crippen molar-refractivity contribution in [2.45, 2.75) is 44.8 Å². The molecule has 0 spiro atoms. The lowest BCUT2D eigenvalue weighted by Crippen LogP contribution is -2.45. The lowest BCUT2D eigenvalue weighted by Gasteiger charge is -2.55. The van der Waals surface area contributed by atoms with Gasteiger partial charge in [0.15, 0.2) is 0 Å². The van der Waals surface area contributed by atoms with Gasteiger partial charge >= 0.3 is 5.97 Å². The van der Waals surface area contributed by atoms with Gasteiger partial charge in [0.1, 0.15) is 5.70 Å². The molecule has 5 aliphatic rings. The van der Waals surface area contributed by atoms with Crippen LogP contribution in [-0.4, -0.2) is 15.7 Å². The first-order chi connectivity index (χ1) is 11.1. The Kier molecular flexibility index (Phi) is 2.74. The number of aromatic nitrogens is 2. The molecule has 1 unspecified atom stereocenters. The number of ether oxygens (including phenoxy) is 1. The van der Waals surface area contributed by atoms with Crippen LogP contribution in [-0.2, 0) is 16.6 Å². The van der Waals surface area contributed by atoms with Crippen LogP contribution in [0.3, 0.4) is 0 Å². The Labute approximate surface area is 136 Å². The van der Waals surface area contributed by atoms with Gasteiger partial charge in [-0.2, -0.15) is 5.10 Å². The standard InChI is InChI=1S/C18H23N3O2/c1-21-15(2-3-19-21)16-20-14(17(22)23-16)10-18-7-11-4-12(8-18)6-13(5-11)9-18/h2-3,10-13,16,20H,4-9H2,1H3/b14-10+. The Morgan fingerprint density at radius 3 is 2.48 bits per heavy atom. The number of hydrogen-bond acceptors (Lipinski definition) is 4. The molecule has 5 fully saturated rings. The van der Waals surface area contributed by atoms with Gasteiger partial charge in [-0.25, -0.2) is 4.79 Å². The van der Waals surface area contributed by atoms with Gasteiger partial charge in [-0.3, -0.25) is 4.68 Å². The molecule has 5 heteroatoms. The first kappa shape index (κ1) is 13.6. The first-order valence-corrected chi connectivity index (χ1v) is 8.78. The van der Waals surface area contributed by atoms with Crippen molar-refractivity contribution >= 4 is 5.97 Å². The zero-order valence-electron chi connectivity index (χ0n) is 13.5. The van der Waals surface area contributed by atoms with E-state index in [2.05, 4.69) is 16.5 Å². The summed E-state index contributed by atoms with van der Waals surface area (Å²) in [5.74, 6) is 2.42. The van der Waals surface area contributed by atoms with E-state index in [1.165, 1.54) is 38.5 Å². The Balaban J connectivity index is 1.42. The zero-order valence-corrected chi connectivity index (χ0v) is 13.5. The van der Waals surface area contributed by atoms with Crippen LogP contribution in [0.4, 0.5) is 0 Å². The van der Waals surface area contributed by atoms with Crippen LogP contribution in [0.15, 0.2) is 24.0 Å². The zero-order chi connectivity index (χ0) is 15.6. The molecule has 0 amide bonds. The number of rotatable bonds is 2. The fourth-order valence-electron chi connectivity index (χ4n) is 5.94. The molecule has 23 heavy (non-hydrogen) atoms. The Morgan fingerprint density at radius 1 is 1.26 bits per heavy atom. The summed E-state index contributed by atoms with van der Waals surface area (Å²) in [6.45, 7) is 0. The highest BCUT2D eigenvalue weighted by Gasteiger charge is 2.50. The third kappa shape index (κ3) is 2.12. The van der Waals surface area contributed by atoms with E-state index >= 15 is 0 Å². The number of esters is 1. The smallest absolute Gasteiger partial charge is 0.356 e. The molecule has 5 nitrogen and oxygen atoms in total. The van der Waals surface area contributed by atoms with E-state index in [-0.39, 0.29) is 11.4 Å². The minimum atomic E-state index is -0.407. The van der Waals surface area contributed by atoms with Crippen molar-refractivity contribution in [1.82, 2.24) is 15.1 Å². The molecule has 6 rings (SSSR count). The number of allylic oxidation sites excluding steroid dienone is 1. The molecule has 0 radical (unpaired) electrons. The number of hydrogen-bond donors (Lipinski definition) is 1. The Hall–Kier alpha value is -1.78. The van der Waals surface area contributed by atoms with Crippen LogP contribution in [0, 0.1) is 23.2 Å². The molecule has 2 heterocycles. The molecule has 1 aromatic rings. The molecule has 1 saturated heterocycles. The van der Waals surface area contributed by atoms with E-state index in [1.54, 1.807) is 10.9 Å². The van der Waals surface area contributed by atoms with E-state index in [1.807, 2.05) is 13.1 Å². The van der Waals surface area contributed by atoms with Crippen LogP contribution < -0.4 is 5.32 Å². The molecule has 4 bridgehead atoms. The quantitative estimate of drug-likeness (QED) is 0.674. The molecule has 1 aliphatic heterocycles. The molecule has 4 saturated carbocycles. The summed E-state index contributed by atoms with van der Waals surface area (Å²) in [6, 6.07) is 1.89. The van der Waals surface area contributed by atoms with Gasteiger partial charge in [0, 0.05) is 13.2 Å². The summed E-state index contributed by atoms with van der Waals surface area (Å²) in [4.78, 5) is 12.3. The predicted octanol–water partition coefficient (Wildman–Crippen LogP) is 2.67. The van der Waals surface area contributed by atoms with Gasteiger partial charge in [-0.1, -0.05) is 0 Å². The van der Waals surface area contributed by atoms with Crippen molar-refractivity contribution in [3.8, 4) is 0 Å². The van der Waals surface area contributed by atoms with Crippen LogP contribution in [0.1, 0.15) is 50.4 Å². The maximum Gasteiger partial charge on any atom is 0.356 e. The minimum Gasteiger partial charge on any atom is -0.431 e. The van der Waals surface area contributed by atoms with Gasteiger partial charge in [0.05, 0.1) is 5.69 Å². The second kappa shape index (κ2) is 4.62.